The van der Waals surface area contributed by atoms with Crippen LogP contribution in [0, 0.1) is 18.6 Å². The zero-order valence-corrected chi connectivity index (χ0v) is 9.95. The lowest BCUT2D eigenvalue weighted by atomic mass is 10.3. The molecule has 1 N–H and O–H groups in total. The Labute approximate surface area is 104 Å². The van der Waals surface area contributed by atoms with Crippen molar-refractivity contribution in [2.75, 3.05) is 11.9 Å². The number of aryl methyl sites for hydroxylation is 1. The van der Waals surface area contributed by atoms with Crippen LogP contribution in [0.4, 0.5) is 14.7 Å². The Morgan fingerprint density at radius 1 is 1.44 bits per heavy atom. The van der Waals surface area contributed by atoms with Gasteiger partial charge in [-0.25, -0.2) is 13.8 Å². The van der Waals surface area contributed by atoms with Crippen molar-refractivity contribution >= 4 is 5.95 Å². The molecule has 0 aliphatic heterocycles. The summed E-state index contributed by atoms with van der Waals surface area (Å²) in [5, 5.41) is 2.97. The largest absolute Gasteiger partial charge is 0.352 e. The molecule has 0 amide bonds. The summed E-state index contributed by atoms with van der Waals surface area (Å²) >= 11 is 0. The van der Waals surface area contributed by atoms with Gasteiger partial charge in [0.2, 0.25) is 5.95 Å². The quantitative estimate of drug-likeness (QED) is 0.844. The van der Waals surface area contributed by atoms with Gasteiger partial charge in [0, 0.05) is 12.7 Å². The predicted molar refractivity (Wildman–Crippen MR) is 66.9 cm³/mol. The number of nitrogens with one attached hydrogen (secondary N) is 1. The second kappa shape index (κ2) is 5.00. The van der Waals surface area contributed by atoms with Crippen LogP contribution in [0.2, 0.25) is 0 Å². The van der Waals surface area contributed by atoms with Crippen molar-refractivity contribution in [2.45, 2.75) is 6.92 Å². The maximum absolute atomic E-state index is 13.7. The summed E-state index contributed by atoms with van der Waals surface area (Å²) in [7, 11) is 0. The summed E-state index contributed by atoms with van der Waals surface area (Å²) in [4.78, 5) is 4.21. The fourth-order valence-corrected chi connectivity index (χ4v) is 1.65. The van der Waals surface area contributed by atoms with Crippen LogP contribution in [-0.4, -0.2) is 16.1 Å². The molecule has 0 bridgehead atoms. The maximum Gasteiger partial charge on any atom is 0.208 e. The Morgan fingerprint density at radius 2 is 2.22 bits per heavy atom. The molecular formula is C13H13F2N3. The molecule has 0 fully saturated rings. The molecule has 94 valence electrons. The normalized spacial score (nSPS) is 10.4. The molecule has 0 aliphatic carbocycles. The van der Waals surface area contributed by atoms with Gasteiger partial charge in [0.25, 0.3) is 0 Å². The van der Waals surface area contributed by atoms with Crippen molar-refractivity contribution in [2.24, 2.45) is 0 Å². The van der Waals surface area contributed by atoms with E-state index in [1.165, 1.54) is 16.7 Å². The van der Waals surface area contributed by atoms with E-state index in [9.17, 15) is 8.78 Å². The Bertz CT molecular complexity index is 576. The van der Waals surface area contributed by atoms with Gasteiger partial charge in [0.1, 0.15) is 0 Å². The number of nitrogens with zero attached hydrogens (tertiary/aromatic N) is 2. The van der Waals surface area contributed by atoms with Crippen LogP contribution in [0.1, 0.15) is 5.69 Å². The molecule has 0 saturated heterocycles. The smallest absolute Gasteiger partial charge is 0.208 e. The topological polar surface area (TPSA) is 29.9 Å². The van der Waals surface area contributed by atoms with Crippen molar-refractivity contribution in [3.05, 3.63) is 54.4 Å². The van der Waals surface area contributed by atoms with Gasteiger partial charge in [0.05, 0.1) is 11.4 Å². The molecule has 0 radical (unpaired) electrons. The van der Waals surface area contributed by atoms with E-state index in [0.717, 1.165) is 6.07 Å². The summed E-state index contributed by atoms with van der Waals surface area (Å²) in [5.41, 5.74) is 0.840. The molecule has 1 aromatic heterocycles. The number of anilines is 1. The molecule has 5 heteroatoms. The van der Waals surface area contributed by atoms with Crippen molar-refractivity contribution in [3.8, 4) is 5.69 Å². The van der Waals surface area contributed by atoms with Crippen LogP contribution in [0.5, 0.6) is 0 Å². The Kier molecular flexibility index (Phi) is 3.41. The SMILES string of the molecule is C=CCNc1nc(C)cn1-c1cccc(F)c1F. The van der Waals surface area contributed by atoms with E-state index >= 15 is 0 Å². The summed E-state index contributed by atoms with van der Waals surface area (Å²) < 4.78 is 28.4. The molecule has 1 aromatic carbocycles. The molecular weight excluding hydrogens is 236 g/mol. The third-order valence-corrected chi connectivity index (χ3v) is 2.42. The van der Waals surface area contributed by atoms with Gasteiger partial charge in [0.15, 0.2) is 11.6 Å². The Morgan fingerprint density at radius 3 is 2.94 bits per heavy atom. The van der Waals surface area contributed by atoms with Crippen LogP contribution >= 0.6 is 0 Å². The molecule has 3 nitrogen and oxygen atoms in total. The first-order valence-electron chi connectivity index (χ1n) is 5.48. The molecule has 0 saturated carbocycles. The predicted octanol–water partition coefficient (Wildman–Crippen LogP) is 3.06. The van der Waals surface area contributed by atoms with E-state index in [0.29, 0.717) is 18.2 Å². The van der Waals surface area contributed by atoms with E-state index < -0.39 is 11.6 Å². The average molecular weight is 249 g/mol. The monoisotopic (exact) mass is 249 g/mol. The van der Waals surface area contributed by atoms with Gasteiger partial charge in [-0.15, -0.1) is 6.58 Å². The summed E-state index contributed by atoms with van der Waals surface area (Å²) in [5.74, 6) is -1.32. The Balaban J connectivity index is 2.49. The third-order valence-electron chi connectivity index (χ3n) is 2.42. The van der Waals surface area contributed by atoms with Crippen molar-refractivity contribution in [1.29, 1.82) is 0 Å². The summed E-state index contributed by atoms with van der Waals surface area (Å²) in [6.07, 6.45) is 3.31. The lowest BCUT2D eigenvalue weighted by molar-refractivity contribution is 0.504. The van der Waals surface area contributed by atoms with Gasteiger partial charge < -0.3 is 5.32 Å². The lowest BCUT2D eigenvalue weighted by Gasteiger charge is -2.09. The van der Waals surface area contributed by atoms with E-state index in [4.69, 9.17) is 0 Å². The Hall–Kier alpha value is -2.17. The highest BCUT2D eigenvalue weighted by atomic mass is 19.2. The van der Waals surface area contributed by atoms with E-state index in [1.54, 1.807) is 19.2 Å². The van der Waals surface area contributed by atoms with Crippen LogP contribution in [0.3, 0.4) is 0 Å². The number of hydrogen-bond donors (Lipinski definition) is 1. The highest BCUT2D eigenvalue weighted by Crippen LogP contribution is 2.21. The van der Waals surface area contributed by atoms with Crippen molar-refractivity contribution in [1.82, 2.24) is 9.55 Å². The van der Waals surface area contributed by atoms with Gasteiger partial charge in [-0.3, -0.25) is 4.57 Å². The fraction of sp³-hybridized carbons (Fsp3) is 0.154. The second-order valence-electron chi connectivity index (χ2n) is 3.82. The van der Waals surface area contributed by atoms with Gasteiger partial charge in [-0.1, -0.05) is 12.1 Å². The number of imidazole rings is 1. The number of halogens is 2. The number of rotatable bonds is 4. The van der Waals surface area contributed by atoms with Crippen LogP contribution in [-0.2, 0) is 0 Å². The van der Waals surface area contributed by atoms with Gasteiger partial charge in [-0.2, -0.15) is 0 Å². The highest BCUT2D eigenvalue weighted by molar-refractivity contribution is 5.44. The average Bonchev–Trinajstić information content (AvgIpc) is 2.71. The molecule has 0 aliphatic rings. The molecule has 0 atom stereocenters. The molecule has 2 aromatic rings. The molecule has 2 rings (SSSR count). The first-order valence-corrected chi connectivity index (χ1v) is 5.48. The fourth-order valence-electron chi connectivity index (χ4n) is 1.65. The molecule has 0 unspecified atom stereocenters. The van der Waals surface area contributed by atoms with Crippen LogP contribution < -0.4 is 5.32 Å². The second-order valence-corrected chi connectivity index (χ2v) is 3.82. The summed E-state index contributed by atoms with van der Waals surface area (Å²) in [6, 6.07) is 4.04. The lowest BCUT2D eigenvalue weighted by Crippen LogP contribution is -2.07. The van der Waals surface area contributed by atoms with Crippen LogP contribution in [0.25, 0.3) is 5.69 Å². The van der Waals surface area contributed by atoms with E-state index in [2.05, 4.69) is 16.9 Å². The number of benzene rings is 1. The van der Waals surface area contributed by atoms with Crippen molar-refractivity contribution in [3.63, 3.8) is 0 Å². The summed E-state index contributed by atoms with van der Waals surface area (Å²) in [6.45, 7) is 5.86. The minimum atomic E-state index is -0.892. The minimum Gasteiger partial charge on any atom is -0.352 e. The standard InChI is InChI=1S/C13H13F2N3/c1-3-7-16-13-17-9(2)8-18(13)11-6-4-5-10(14)12(11)15/h3-6,8H,1,7H2,2H3,(H,16,17). The molecule has 18 heavy (non-hydrogen) atoms. The van der Waals surface area contributed by atoms with Crippen LogP contribution in [0.15, 0.2) is 37.1 Å². The maximum atomic E-state index is 13.7. The minimum absolute atomic E-state index is 0.127. The molecule has 0 spiro atoms. The first kappa shape index (κ1) is 12.3. The molecule has 1 heterocycles. The van der Waals surface area contributed by atoms with E-state index in [1.807, 2.05) is 0 Å². The van der Waals surface area contributed by atoms with Gasteiger partial charge in [-0.05, 0) is 19.1 Å². The van der Waals surface area contributed by atoms with E-state index in [-0.39, 0.29) is 5.69 Å². The number of aromatic nitrogens is 2. The third kappa shape index (κ3) is 2.25. The zero-order valence-electron chi connectivity index (χ0n) is 9.95. The highest BCUT2D eigenvalue weighted by Gasteiger charge is 2.13. The zero-order chi connectivity index (χ0) is 13.1. The van der Waals surface area contributed by atoms with Gasteiger partial charge >= 0.3 is 0 Å². The first-order chi connectivity index (χ1) is 8.63. The van der Waals surface area contributed by atoms with Crippen molar-refractivity contribution < 1.29 is 8.78 Å². The number of hydrogen-bond acceptors (Lipinski definition) is 2.